The summed E-state index contributed by atoms with van der Waals surface area (Å²) >= 11 is 0. The lowest BCUT2D eigenvalue weighted by atomic mass is 10.3. The van der Waals surface area contributed by atoms with Gasteiger partial charge in [0.2, 0.25) is 5.95 Å². The van der Waals surface area contributed by atoms with E-state index in [2.05, 4.69) is 4.98 Å². The maximum absolute atomic E-state index is 11.5. The van der Waals surface area contributed by atoms with Crippen LogP contribution in [0.5, 0.6) is 5.75 Å². The Kier molecular flexibility index (Phi) is 3.09. The van der Waals surface area contributed by atoms with Gasteiger partial charge in [-0.25, -0.2) is 4.98 Å². The zero-order valence-electron chi connectivity index (χ0n) is 9.46. The normalized spacial score (nSPS) is 10.2. The zero-order valence-corrected chi connectivity index (χ0v) is 9.46. The van der Waals surface area contributed by atoms with Gasteiger partial charge in [0.05, 0.1) is 5.69 Å². The van der Waals surface area contributed by atoms with E-state index in [0.29, 0.717) is 5.69 Å². The quantitative estimate of drug-likeness (QED) is 0.853. The summed E-state index contributed by atoms with van der Waals surface area (Å²) < 4.78 is 6.76. The highest BCUT2D eigenvalue weighted by atomic mass is 16.5. The molecule has 2 rings (SSSR count). The van der Waals surface area contributed by atoms with E-state index in [0.717, 1.165) is 5.75 Å². The number of nitrogens with zero attached hydrogens (tertiary/aromatic N) is 2. The van der Waals surface area contributed by atoms with Crippen molar-refractivity contribution in [2.24, 2.45) is 7.05 Å². The van der Waals surface area contributed by atoms with Gasteiger partial charge in [0.1, 0.15) is 12.4 Å². The van der Waals surface area contributed by atoms with Gasteiger partial charge in [0.15, 0.2) is 0 Å². The molecule has 0 bridgehead atoms. The summed E-state index contributed by atoms with van der Waals surface area (Å²) in [4.78, 5) is 15.5. The highest BCUT2D eigenvalue weighted by Crippen LogP contribution is 2.10. The molecule has 0 aliphatic heterocycles. The molecule has 1 heterocycles. The van der Waals surface area contributed by atoms with Crippen LogP contribution in [0.1, 0.15) is 5.69 Å². The van der Waals surface area contributed by atoms with Crippen LogP contribution in [-0.4, -0.2) is 9.55 Å². The zero-order chi connectivity index (χ0) is 12.3. The SMILES string of the molecule is Cn1c(N)nc(COc2ccccc2)cc1=O. The Hall–Kier alpha value is -2.30. The molecule has 0 aliphatic carbocycles. The fraction of sp³-hybridized carbons (Fsp3) is 0.167. The lowest BCUT2D eigenvalue weighted by Crippen LogP contribution is -2.22. The van der Waals surface area contributed by atoms with Crippen molar-refractivity contribution in [1.29, 1.82) is 0 Å². The lowest BCUT2D eigenvalue weighted by molar-refractivity contribution is 0.301. The Morgan fingerprint density at radius 2 is 2.06 bits per heavy atom. The van der Waals surface area contributed by atoms with Gasteiger partial charge in [-0.1, -0.05) is 18.2 Å². The third-order valence-corrected chi connectivity index (χ3v) is 2.35. The average Bonchev–Trinajstić information content (AvgIpc) is 2.34. The van der Waals surface area contributed by atoms with Crippen LogP contribution in [-0.2, 0) is 13.7 Å². The number of ether oxygens (including phenoxy) is 1. The maximum Gasteiger partial charge on any atom is 0.254 e. The minimum atomic E-state index is -0.191. The van der Waals surface area contributed by atoms with Crippen LogP contribution >= 0.6 is 0 Å². The molecule has 0 amide bonds. The first-order chi connectivity index (χ1) is 8.16. The number of rotatable bonds is 3. The molecule has 0 radical (unpaired) electrons. The standard InChI is InChI=1S/C12H13N3O2/c1-15-11(16)7-9(14-12(15)13)8-17-10-5-3-2-4-6-10/h2-7H,8H2,1H3,(H2,13,14). The Balaban J connectivity index is 2.13. The number of nitrogens with two attached hydrogens (primary N) is 1. The fourth-order valence-electron chi connectivity index (χ4n) is 1.35. The summed E-state index contributed by atoms with van der Waals surface area (Å²) in [5.41, 5.74) is 5.92. The molecule has 2 N–H and O–H groups in total. The van der Waals surface area contributed by atoms with Gasteiger partial charge in [0.25, 0.3) is 5.56 Å². The molecule has 0 saturated heterocycles. The summed E-state index contributed by atoms with van der Waals surface area (Å²) in [6, 6.07) is 10.7. The Bertz CT molecular complexity index is 564. The van der Waals surface area contributed by atoms with Gasteiger partial charge in [-0.05, 0) is 12.1 Å². The Morgan fingerprint density at radius 1 is 1.35 bits per heavy atom. The van der Waals surface area contributed by atoms with Gasteiger partial charge < -0.3 is 10.5 Å². The molecular weight excluding hydrogens is 218 g/mol. The number of anilines is 1. The second kappa shape index (κ2) is 4.69. The van der Waals surface area contributed by atoms with Crippen LogP contribution in [0.15, 0.2) is 41.2 Å². The largest absolute Gasteiger partial charge is 0.487 e. The highest BCUT2D eigenvalue weighted by molar-refractivity contribution is 5.23. The van der Waals surface area contributed by atoms with Crippen molar-refractivity contribution in [3.63, 3.8) is 0 Å². The van der Waals surface area contributed by atoms with Crippen molar-refractivity contribution in [3.8, 4) is 5.75 Å². The maximum atomic E-state index is 11.5. The van der Waals surface area contributed by atoms with Crippen LogP contribution < -0.4 is 16.0 Å². The second-order valence-electron chi connectivity index (χ2n) is 3.60. The molecule has 5 heteroatoms. The number of nitrogen functional groups attached to an aromatic ring is 1. The van der Waals surface area contributed by atoms with Gasteiger partial charge in [0, 0.05) is 13.1 Å². The second-order valence-corrected chi connectivity index (χ2v) is 3.60. The molecule has 1 aromatic heterocycles. The number of para-hydroxylation sites is 1. The Labute approximate surface area is 98.5 Å². The average molecular weight is 231 g/mol. The van der Waals surface area contributed by atoms with Gasteiger partial charge in [-0.15, -0.1) is 0 Å². The number of aromatic nitrogens is 2. The van der Waals surface area contributed by atoms with Gasteiger partial charge in [-0.2, -0.15) is 0 Å². The van der Waals surface area contributed by atoms with E-state index >= 15 is 0 Å². The van der Waals surface area contributed by atoms with E-state index < -0.39 is 0 Å². The number of hydrogen-bond acceptors (Lipinski definition) is 4. The lowest BCUT2D eigenvalue weighted by Gasteiger charge is -2.07. The van der Waals surface area contributed by atoms with Crippen LogP contribution in [0.4, 0.5) is 5.95 Å². The molecule has 5 nitrogen and oxygen atoms in total. The molecule has 0 saturated carbocycles. The minimum absolute atomic E-state index is 0.184. The summed E-state index contributed by atoms with van der Waals surface area (Å²) in [7, 11) is 1.58. The van der Waals surface area contributed by atoms with E-state index in [9.17, 15) is 4.79 Å². The Morgan fingerprint density at radius 3 is 2.71 bits per heavy atom. The van der Waals surface area contributed by atoms with Gasteiger partial charge in [-0.3, -0.25) is 9.36 Å². The first-order valence-corrected chi connectivity index (χ1v) is 5.17. The third-order valence-electron chi connectivity index (χ3n) is 2.35. The predicted octanol–water partition coefficient (Wildman–Crippen LogP) is 0.942. The number of benzene rings is 1. The van der Waals surface area contributed by atoms with Crippen molar-refractivity contribution in [2.75, 3.05) is 5.73 Å². The molecular formula is C12H13N3O2. The molecule has 2 aromatic rings. The van der Waals surface area contributed by atoms with Crippen molar-refractivity contribution >= 4 is 5.95 Å². The minimum Gasteiger partial charge on any atom is -0.487 e. The molecule has 0 aliphatic rings. The molecule has 88 valence electrons. The molecule has 0 atom stereocenters. The molecule has 0 spiro atoms. The highest BCUT2D eigenvalue weighted by Gasteiger charge is 2.03. The van der Waals surface area contributed by atoms with Gasteiger partial charge >= 0.3 is 0 Å². The number of hydrogen-bond donors (Lipinski definition) is 1. The van der Waals surface area contributed by atoms with Crippen molar-refractivity contribution in [3.05, 3.63) is 52.4 Å². The van der Waals surface area contributed by atoms with Crippen LogP contribution in [0.3, 0.4) is 0 Å². The first-order valence-electron chi connectivity index (χ1n) is 5.17. The summed E-state index contributed by atoms with van der Waals surface area (Å²) in [5, 5.41) is 0. The first kappa shape index (κ1) is 11.2. The molecule has 1 aromatic carbocycles. The molecule has 17 heavy (non-hydrogen) atoms. The summed E-state index contributed by atoms with van der Waals surface area (Å²) in [5.74, 6) is 0.915. The summed E-state index contributed by atoms with van der Waals surface area (Å²) in [6.45, 7) is 0.226. The van der Waals surface area contributed by atoms with E-state index in [1.165, 1.54) is 10.6 Å². The van der Waals surface area contributed by atoms with Crippen LogP contribution in [0.25, 0.3) is 0 Å². The van der Waals surface area contributed by atoms with Crippen molar-refractivity contribution in [1.82, 2.24) is 9.55 Å². The summed E-state index contributed by atoms with van der Waals surface area (Å²) in [6.07, 6.45) is 0. The van der Waals surface area contributed by atoms with Crippen LogP contribution in [0, 0.1) is 0 Å². The fourth-order valence-corrected chi connectivity index (χ4v) is 1.35. The monoisotopic (exact) mass is 231 g/mol. The van der Waals surface area contributed by atoms with Crippen molar-refractivity contribution < 1.29 is 4.74 Å². The predicted molar refractivity (Wildman–Crippen MR) is 64.7 cm³/mol. The van der Waals surface area contributed by atoms with Crippen LogP contribution in [0.2, 0.25) is 0 Å². The van der Waals surface area contributed by atoms with E-state index in [4.69, 9.17) is 10.5 Å². The smallest absolute Gasteiger partial charge is 0.254 e. The molecule has 0 fully saturated rings. The van der Waals surface area contributed by atoms with E-state index in [1.807, 2.05) is 30.3 Å². The topological polar surface area (TPSA) is 70.1 Å². The van der Waals surface area contributed by atoms with Crippen molar-refractivity contribution in [2.45, 2.75) is 6.61 Å². The van der Waals surface area contributed by atoms with E-state index in [-0.39, 0.29) is 18.1 Å². The van der Waals surface area contributed by atoms with E-state index in [1.54, 1.807) is 7.05 Å². The molecule has 0 unspecified atom stereocenters. The third kappa shape index (κ3) is 2.63.